The Bertz CT molecular complexity index is 357. The van der Waals surface area contributed by atoms with E-state index in [2.05, 4.69) is 9.84 Å². The molecule has 0 aliphatic heterocycles. The standard InChI is InChI=1S/C9H14N2O3/c1-5-7(6(2)11(3)10-5)8(12)9(13)14-4/h8,12H,1-4H3. The van der Waals surface area contributed by atoms with Crippen molar-refractivity contribution in [3.05, 3.63) is 17.0 Å². The molecule has 1 aromatic rings. The van der Waals surface area contributed by atoms with Gasteiger partial charge in [-0.05, 0) is 13.8 Å². The third kappa shape index (κ3) is 1.63. The highest BCUT2D eigenvalue weighted by molar-refractivity contribution is 5.76. The SMILES string of the molecule is COC(=O)C(O)c1c(C)nn(C)c1C. The third-order valence-corrected chi connectivity index (χ3v) is 2.26. The summed E-state index contributed by atoms with van der Waals surface area (Å²) in [4.78, 5) is 11.1. The molecule has 1 rings (SSSR count). The molecule has 0 saturated carbocycles. The van der Waals surface area contributed by atoms with Gasteiger partial charge in [0.05, 0.1) is 12.8 Å². The summed E-state index contributed by atoms with van der Waals surface area (Å²) in [6.07, 6.45) is -1.24. The van der Waals surface area contributed by atoms with Crippen LogP contribution in [-0.2, 0) is 16.6 Å². The molecule has 0 amide bonds. The van der Waals surface area contributed by atoms with E-state index in [1.165, 1.54) is 7.11 Å². The summed E-state index contributed by atoms with van der Waals surface area (Å²) in [5.74, 6) is -0.663. The van der Waals surface area contributed by atoms with Crippen LogP contribution in [0, 0.1) is 13.8 Å². The number of aryl methyl sites for hydroxylation is 2. The Labute approximate surface area is 82.3 Å². The fourth-order valence-electron chi connectivity index (χ4n) is 1.42. The van der Waals surface area contributed by atoms with Gasteiger partial charge < -0.3 is 9.84 Å². The summed E-state index contributed by atoms with van der Waals surface area (Å²) in [5.41, 5.74) is 1.93. The zero-order valence-electron chi connectivity index (χ0n) is 8.74. The number of hydrogen-bond acceptors (Lipinski definition) is 4. The average Bonchev–Trinajstić information content (AvgIpc) is 2.39. The molecule has 14 heavy (non-hydrogen) atoms. The van der Waals surface area contributed by atoms with Crippen molar-refractivity contribution >= 4 is 5.97 Å². The van der Waals surface area contributed by atoms with Crippen LogP contribution >= 0.6 is 0 Å². The predicted octanol–water partition coefficient (Wildman–Crippen LogP) is 0.243. The summed E-state index contributed by atoms with van der Waals surface area (Å²) < 4.78 is 6.08. The lowest BCUT2D eigenvalue weighted by Crippen LogP contribution is -2.15. The van der Waals surface area contributed by atoms with Crippen molar-refractivity contribution in [2.24, 2.45) is 7.05 Å². The normalized spacial score (nSPS) is 12.6. The number of aliphatic hydroxyl groups is 1. The van der Waals surface area contributed by atoms with Gasteiger partial charge >= 0.3 is 5.97 Å². The minimum Gasteiger partial charge on any atom is -0.467 e. The zero-order valence-corrected chi connectivity index (χ0v) is 8.74. The topological polar surface area (TPSA) is 64.3 Å². The van der Waals surface area contributed by atoms with E-state index in [1.54, 1.807) is 25.6 Å². The molecular formula is C9H14N2O3. The van der Waals surface area contributed by atoms with Crippen LogP contribution in [0.5, 0.6) is 0 Å². The lowest BCUT2D eigenvalue weighted by Gasteiger charge is -2.08. The van der Waals surface area contributed by atoms with Gasteiger partial charge in [-0.3, -0.25) is 4.68 Å². The second-order valence-corrected chi connectivity index (χ2v) is 3.13. The van der Waals surface area contributed by atoms with E-state index in [9.17, 15) is 9.90 Å². The highest BCUT2D eigenvalue weighted by Gasteiger charge is 2.24. The molecule has 0 saturated heterocycles. The fourth-order valence-corrected chi connectivity index (χ4v) is 1.42. The largest absolute Gasteiger partial charge is 0.467 e. The van der Waals surface area contributed by atoms with Crippen LogP contribution in [0.25, 0.3) is 0 Å². The molecule has 5 heteroatoms. The van der Waals surface area contributed by atoms with E-state index in [1.807, 2.05) is 0 Å². The van der Waals surface area contributed by atoms with Gasteiger partial charge in [-0.25, -0.2) is 4.79 Å². The van der Waals surface area contributed by atoms with E-state index in [0.29, 0.717) is 11.3 Å². The van der Waals surface area contributed by atoms with E-state index >= 15 is 0 Å². The summed E-state index contributed by atoms with van der Waals surface area (Å²) in [5, 5.41) is 13.7. The first-order valence-corrected chi connectivity index (χ1v) is 4.25. The molecule has 0 aromatic carbocycles. The van der Waals surface area contributed by atoms with Crippen LogP contribution in [0.15, 0.2) is 0 Å². The van der Waals surface area contributed by atoms with Crippen LogP contribution in [0.4, 0.5) is 0 Å². The second kappa shape index (κ2) is 3.79. The quantitative estimate of drug-likeness (QED) is 0.691. The zero-order chi connectivity index (χ0) is 10.9. The molecule has 1 heterocycles. The van der Waals surface area contributed by atoms with Gasteiger partial charge in [0.1, 0.15) is 0 Å². The van der Waals surface area contributed by atoms with E-state index < -0.39 is 12.1 Å². The summed E-state index contributed by atoms with van der Waals surface area (Å²) in [6.45, 7) is 3.54. The number of carbonyl (C=O) groups excluding carboxylic acids is 1. The Morgan fingerprint density at radius 1 is 1.57 bits per heavy atom. The molecule has 0 spiro atoms. The van der Waals surface area contributed by atoms with Crippen molar-refractivity contribution in [3.63, 3.8) is 0 Å². The van der Waals surface area contributed by atoms with E-state index in [-0.39, 0.29) is 0 Å². The van der Waals surface area contributed by atoms with Gasteiger partial charge in [-0.2, -0.15) is 5.10 Å². The maximum absolute atomic E-state index is 11.1. The van der Waals surface area contributed by atoms with Crippen molar-refractivity contribution in [1.29, 1.82) is 0 Å². The van der Waals surface area contributed by atoms with Gasteiger partial charge in [0, 0.05) is 18.3 Å². The van der Waals surface area contributed by atoms with Crippen LogP contribution < -0.4 is 0 Å². The monoisotopic (exact) mass is 198 g/mol. The Kier molecular flexibility index (Phi) is 2.90. The van der Waals surface area contributed by atoms with Crippen molar-refractivity contribution in [3.8, 4) is 0 Å². The lowest BCUT2D eigenvalue weighted by molar-refractivity contribution is -0.150. The molecule has 1 aromatic heterocycles. The number of carbonyl (C=O) groups is 1. The highest BCUT2D eigenvalue weighted by Crippen LogP contribution is 2.21. The summed E-state index contributed by atoms with van der Waals surface area (Å²) >= 11 is 0. The van der Waals surface area contributed by atoms with Crippen molar-refractivity contribution in [2.75, 3.05) is 7.11 Å². The van der Waals surface area contributed by atoms with Crippen LogP contribution in [0.2, 0.25) is 0 Å². The molecule has 0 aliphatic carbocycles. The maximum Gasteiger partial charge on any atom is 0.339 e. The minimum atomic E-state index is -1.24. The number of rotatable bonds is 2. The lowest BCUT2D eigenvalue weighted by atomic mass is 10.1. The first-order valence-electron chi connectivity index (χ1n) is 4.25. The molecule has 0 bridgehead atoms. The number of methoxy groups -OCH3 is 1. The van der Waals surface area contributed by atoms with Gasteiger partial charge in [0.25, 0.3) is 0 Å². The van der Waals surface area contributed by atoms with Crippen LogP contribution in [0.3, 0.4) is 0 Å². The smallest absolute Gasteiger partial charge is 0.339 e. The van der Waals surface area contributed by atoms with Gasteiger partial charge in [0.2, 0.25) is 0 Å². The molecule has 1 atom stereocenters. The molecule has 1 unspecified atom stereocenters. The molecule has 0 radical (unpaired) electrons. The van der Waals surface area contributed by atoms with Crippen molar-refractivity contribution < 1.29 is 14.6 Å². The van der Waals surface area contributed by atoms with Crippen LogP contribution in [0.1, 0.15) is 23.1 Å². The molecule has 1 N–H and O–H groups in total. The Hall–Kier alpha value is -1.36. The van der Waals surface area contributed by atoms with Gasteiger partial charge in [-0.15, -0.1) is 0 Å². The van der Waals surface area contributed by atoms with Gasteiger partial charge in [-0.1, -0.05) is 0 Å². The molecule has 5 nitrogen and oxygen atoms in total. The number of aromatic nitrogens is 2. The Morgan fingerprint density at radius 3 is 2.50 bits per heavy atom. The molecule has 78 valence electrons. The highest BCUT2D eigenvalue weighted by atomic mass is 16.5. The summed E-state index contributed by atoms with van der Waals surface area (Å²) in [7, 11) is 3.00. The first-order chi connectivity index (χ1) is 6.49. The van der Waals surface area contributed by atoms with Crippen molar-refractivity contribution in [1.82, 2.24) is 9.78 Å². The molecule has 0 aliphatic rings. The maximum atomic E-state index is 11.1. The Morgan fingerprint density at radius 2 is 2.14 bits per heavy atom. The van der Waals surface area contributed by atoms with Crippen LogP contribution in [-0.4, -0.2) is 28.0 Å². The number of esters is 1. The predicted molar refractivity (Wildman–Crippen MR) is 49.7 cm³/mol. The van der Waals surface area contributed by atoms with E-state index in [4.69, 9.17) is 0 Å². The van der Waals surface area contributed by atoms with Gasteiger partial charge in [0.15, 0.2) is 6.10 Å². The van der Waals surface area contributed by atoms with Crippen molar-refractivity contribution in [2.45, 2.75) is 20.0 Å². The first kappa shape index (κ1) is 10.7. The number of hydrogen-bond donors (Lipinski definition) is 1. The fraction of sp³-hybridized carbons (Fsp3) is 0.556. The third-order valence-electron chi connectivity index (χ3n) is 2.26. The Balaban J connectivity index is 3.12. The number of ether oxygens (including phenoxy) is 1. The molecular weight excluding hydrogens is 184 g/mol. The average molecular weight is 198 g/mol. The minimum absolute atomic E-state index is 0.527. The number of aliphatic hydroxyl groups excluding tert-OH is 1. The van der Waals surface area contributed by atoms with E-state index in [0.717, 1.165) is 5.69 Å². The second-order valence-electron chi connectivity index (χ2n) is 3.13. The molecule has 0 fully saturated rings. The number of nitrogens with zero attached hydrogens (tertiary/aromatic N) is 2. The summed E-state index contributed by atoms with van der Waals surface area (Å²) in [6, 6.07) is 0.